The van der Waals surface area contributed by atoms with Gasteiger partial charge >= 0.3 is 6.18 Å². The van der Waals surface area contributed by atoms with Crippen molar-refractivity contribution in [3.63, 3.8) is 0 Å². The molecule has 0 fully saturated rings. The summed E-state index contributed by atoms with van der Waals surface area (Å²) in [5.74, 6) is -2.53. The second kappa shape index (κ2) is 7.12. The summed E-state index contributed by atoms with van der Waals surface area (Å²) in [4.78, 5) is 11.0. The summed E-state index contributed by atoms with van der Waals surface area (Å²) in [5, 5.41) is 0. The van der Waals surface area contributed by atoms with Crippen molar-refractivity contribution < 1.29 is 30.8 Å². The number of halogens is 5. The highest BCUT2D eigenvalue weighted by atomic mass is 79.9. The molecule has 4 nitrogen and oxygen atoms in total. The third-order valence-corrected chi connectivity index (χ3v) is 4.98. The molecule has 0 unspecified atom stereocenters. The van der Waals surface area contributed by atoms with Gasteiger partial charge < -0.3 is 0 Å². The quantitative estimate of drug-likeness (QED) is 0.739. The number of alkyl halides is 3. The van der Waals surface area contributed by atoms with E-state index in [0.717, 1.165) is 4.47 Å². The summed E-state index contributed by atoms with van der Waals surface area (Å²) in [5.41, 5.74) is -1.22. The Morgan fingerprint density at radius 2 is 1.68 bits per heavy atom. The van der Waals surface area contributed by atoms with Crippen molar-refractivity contribution in [2.45, 2.75) is 17.5 Å². The zero-order chi connectivity index (χ0) is 18.8. The Hall–Kier alpha value is -1.94. The van der Waals surface area contributed by atoms with E-state index in [-0.39, 0.29) is 12.5 Å². The van der Waals surface area contributed by atoms with Crippen LogP contribution in [0.1, 0.15) is 11.1 Å². The van der Waals surface area contributed by atoms with Crippen molar-refractivity contribution >= 4 is 31.9 Å². The predicted molar refractivity (Wildman–Crippen MR) is 84.6 cm³/mol. The van der Waals surface area contributed by atoms with Crippen LogP contribution in [0, 0.1) is 5.82 Å². The molecule has 2 aromatic rings. The number of carbonyl (C=O) groups is 1. The lowest BCUT2D eigenvalue weighted by molar-refractivity contribution is -0.140. The summed E-state index contributed by atoms with van der Waals surface area (Å²) in [6.45, 7) is 0. The highest BCUT2D eigenvalue weighted by Crippen LogP contribution is 2.32. The summed E-state index contributed by atoms with van der Waals surface area (Å²) >= 11 is 3.20. The molecule has 0 bridgehead atoms. The Kier molecular flexibility index (Phi) is 5.52. The molecule has 2 aromatic carbocycles. The summed E-state index contributed by atoms with van der Waals surface area (Å²) in [7, 11) is -4.56. The Morgan fingerprint density at radius 1 is 1.08 bits per heavy atom. The van der Waals surface area contributed by atoms with Crippen LogP contribution in [0.4, 0.5) is 17.6 Å². The summed E-state index contributed by atoms with van der Waals surface area (Å²) in [6, 6.07) is 7.63. The van der Waals surface area contributed by atoms with Crippen LogP contribution in [-0.2, 0) is 27.4 Å². The van der Waals surface area contributed by atoms with Crippen LogP contribution >= 0.6 is 15.9 Å². The molecule has 0 aliphatic carbocycles. The molecule has 0 aromatic heterocycles. The Bertz CT molecular complexity index is 896. The fourth-order valence-electron chi connectivity index (χ4n) is 1.92. The number of benzene rings is 2. The Balaban J connectivity index is 2.21. The van der Waals surface area contributed by atoms with Gasteiger partial charge in [0.25, 0.3) is 10.0 Å². The number of amides is 1. The average Bonchev–Trinajstić information content (AvgIpc) is 2.48. The SMILES string of the molecule is O=C(Cc1ccc(Br)cc1)NS(=O)(=O)c1ccc(F)c(C(F)(F)F)c1. The summed E-state index contributed by atoms with van der Waals surface area (Å²) < 4.78 is 77.8. The van der Waals surface area contributed by atoms with Gasteiger partial charge in [0.05, 0.1) is 16.9 Å². The first-order valence-corrected chi connectivity index (χ1v) is 8.93. The lowest BCUT2D eigenvalue weighted by atomic mass is 10.1. The van der Waals surface area contributed by atoms with E-state index in [9.17, 15) is 30.8 Å². The van der Waals surface area contributed by atoms with E-state index < -0.39 is 38.4 Å². The molecule has 25 heavy (non-hydrogen) atoms. The van der Waals surface area contributed by atoms with E-state index in [1.54, 1.807) is 29.0 Å². The minimum atomic E-state index is -5.06. The average molecular weight is 440 g/mol. The first-order chi connectivity index (χ1) is 11.5. The maximum absolute atomic E-state index is 13.2. The van der Waals surface area contributed by atoms with Crippen molar-refractivity contribution in [2.75, 3.05) is 0 Å². The fraction of sp³-hybridized carbons (Fsp3) is 0.133. The molecule has 0 aliphatic rings. The molecule has 0 saturated heterocycles. The molecule has 0 aliphatic heterocycles. The molecule has 2 rings (SSSR count). The zero-order valence-corrected chi connectivity index (χ0v) is 14.7. The molecule has 0 spiro atoms. The van der Waals surface area contributed by atoms with Crippen LogP contribution in [-0.4, -0.2) is 14.3 Å². The normalized spacial score (nSPS) is 12.0. The number of hydrogen-bond acceptors (Lipinski definition) is 3. The van der Waals surface area contributed by atoms with Gasteiger partial charge in [-0.25, -0.2) is 17.5 Å². The second-order valence-electron chi connectivity index (χ2n) is 4.97. The van der Waals surface area contributed by atoms with Crippen molar-refractivity contribution in [3.8, 4) is 0 Å². The topological polar surface area (TPSA) is 63.2 Å². The third kappa shape index (κ3) is 5.02. The van der Waals surface area contributed by atoms with E-state index in [2.05, 4.69) is 15.9 Å². The molecule has 0 heterocycles. The lowest BCUT2D eigenvalue weighted by Gasteiger charge is -2.11. The van der Waals surface area contributed by atoms with Gasteiger partial charge in [-0.15, -0.1) is 0 Å². The largest absolute Gasteiger partial charge is 0.419 e. The number of rotatable bonds is 4. The zero-order valence-electron chi connectivity index (χ0n) is 12.3. The number of sulfonamides is 1. The van der Waals surface area contributed by atoms with Gasteiger partial charge in [-0.2, -0.15) is 13.2 Å². The van der Waals surface area contributed by atoms with Gasteiger partial charge in [0.15, 0.2) is 0 Å². The lowest BCUT2D eigenvalue weighted by Crippen LogP contribution is -2.32. The maximum Gasteiger partial charge on any atom is 0.419 e. The minimum absolute atomic E-state index is 0.143. The maximum atomic E-state index is 13.2. The second-order valence-corrected chi connectivity index (χ2v) is 7.57. The van der Waals surface area contributed by atoms with Crippen LogP contribution in [0.3, 0.4) is 0 Å². The molecular formula is C15H10BrF4NO3S. The van der Waals surface area contributed by atoms with Gasteiger partial charge in [-0.1, -0.05) is 28.1 Å². The number of carbonyl (C=O) groups excluding carboxylic acids is 1. The van der Waals surface area contributed by atoms with Gasteiger partial charge in [-0.3, -0.25) is 4.79 Å². The monoisotopic (exact) mass is 439 g/mol. The van der Waals surface area contributed by atoms with Gasteiger partial charge in [0.2, 0.25) is 5.91 Å². The van der Waals surface area contributed by atoms with Crippen LogP contribution in [0.2, 0.25) is 0 Å². The number of nitrogens with one attached hydrogen (secondary N) is 1. The molecule has 0 radical (unpaired) electrons. The van der Waals surface area contributed by atoms with Crippen LogP contribution in [0.5, 0.6) is 0 Å². The molecule has 10 heteroatoms. The highest BCUT2D eigenvalue weighted by molar-refractivity contribution is 9.10. The van der Waals surface area contributed by atoms with Crippen molar-refractivity contribution in [2.24, 2.45) is 0 Å². The van der Waals surface area contributed by atoms with Crippen molar-refractivity contribution in [1.82, 2.24) is 4.72 Å². The molecule has 1 N–H and O–H groups in total. The molecular weight excluding hydrogens is 430 g/mol. The first kappa shape index (κ1) is 19.4. The third-order valence-electron chi connectivity index (χ3n) is 3.08. The van der Waals surface area contributed by atoms with E-state index in [1.807, 2.05) is 0 Å². The number of hydrogen-bond donors (Lipinski definition) is 1. The van der Waals surface area contributed by atoms with Crippen LogP contribution in [0.25, 0.3) is 0 Å². The molecule has 134 valence electrons. The Morgan fingerprint density at radius 3 is 2.24 bits per heavy atom. The van der Waals surface area contributed by atoms with Crippen LogP contribution < -0.4 is 4.72 Å². The molecule has 0 atom stereocenters. The Labute approximate surface area is 149 Å². The highest BCUT2D eigenvalue weighted by Gasteiger charge is 2.35. The van der Waals surface area contributed by atoms with Gasteiger partial charge in [0, 0.05) is 4.47 Å². The molecule has 1 amide bonds. The van der Waals surface area contributed by atoms with Crippen molar-refractivity contribution in [3.05, 3.63) is 63.9 Å². The smallest absolute Gasteiger partial charge is 0.274 e. The van der Waals surface area contributed by atoms with Gasteiger partial charge in [-0.05, 0) is 35.9 Å². The van der Waals surface area contributed by atoms with E-state index in [4.69, 9.17) is 0 Å². The van der Waals surface area contributed by atoms with E-state index in [1.165, 1.54) is 0 Å². The minimum Gasteiger partial charge on any atom is -0.274 e. The van der Waals surface area contributed by atoms with Gasteiger partial charge in [0.1, 0.15) is 5.82 Å². The standard InChI is InChI=1S/C15H10BrF4NO3S/c16-10-3-1-9(2-4-10)7-14(22)21-25(23,24)11-5-6-13(17)12(8-11)15(18,19)20/h1-6,8H,7H2,(H,21,22). The van der Waals surface area contributed by atoms with E-state index in [0.29, 0.717) is 17.7 Å². The van der Waals surface area contributed by atoms with E-state index >= 15 is 0 Å². The van der Waals surface area contributed by atoms with Crippen molar-refractivity contribution in [1.29, 1.82) is 0 Å². The first-order valence-electron chi connectivity index (χ1n) is 6.66. The molecule has 0 saturated carbocycles. The fourth-order valence-corrected chi connectivity index (χ4v) is 3.20. The summed E-state index contributed by atoms with van der Waals surface area (Å²) in [6.07, 6.45) is -5.35. The predicted octanol–water partition coefficient (Wildman–Crippen LogP) is 3.65. The van der Waals surface area contributed by atoms with Crippen LogP contribution in [0.15, 0.2) is 51.8 Å².